The van der Waals surface area contributed by atoms with Gasteiger partial charge in [-0.2, -0.15) is 0 Å². The maximum atomic E-state index is 12.5. The number of nitrogens with two attached hydrogens (primary N) is 1. The van der Waals surface area contributed by atoms with Crippen LogP contribution < -0.4 is 20.7 Å². The normalized spacial score (nSPS) is 15.5. The van der Waals surface area contributed by atoms with Gasteiger partial charge in [-0.15, -0.1) is 24.8 Å². The molecule has 0 aliphatic carbocycles. The van der Waals surface area contributed by atoms with Gasteiger partial charge < -0.3 is 20.7 Å². The topological polar surface area (TPSA) is 67.6 Å². The van der Waals surface area contributed by atoms with Gasteiger partial charge in [0.1, 0.15) is 5.75 Å². The number of amides is 1. The van der Waals surface area contributed by atoms with E-state index in [2.05, 4.69) is 22.3 Å². The summed E-state index contributed by atoms with van der Waals surface area (Å²) in [5.41, 5.74) is 7.78. The Morgan fingerprint density at radius 1 is 1.30 bits per heavy atom. The van der Waals surface area contributed by atoms with Gasteiger partial charge in [-0.1, -0.05) is 29.8 Å². The average molecular weight is 433 g/mol. The Morgan fingerprint density at radius 2 is 2.00 bits per heavy atom. The van der Waals surface area contributed by atoms with Crippen molar-refractivity contribution in [1.82, 2.24) is 5.32 Å². The summed E-state index contributed by atoms with van der Waals surface area (Å²) in [6.07, 6.45) is 1.05. The minimum absolute atomic E-state index is 0. The molecule has 3 N–H and O–H groups in total. The Kier molecular flexibility index (Phi) is 9.03. The zero-order valence-corrected chi connectivity index (χ0v) is 17.4. The second kappa shape index (κ2) is 10.5. The summed E-state index contributed by atoms with van der Waals surface area (Å²) in [5.74, 6) is 0.646. The Hall–Kier alpha value is -1.82. The average Bonchev–Trinajstić information content (AvgIpc) is 3.11. The molecule has 0 spiro atoms. The molecule has 27 heavy (non-hydrogen) atoms. The van der Waals surface area contributed by atoms with Crippen LogP contribution in [0.4, 0.5) is 11.4 Å². The molecule has 1 atom stereocenters. The van der Waals surface area contributed by atoms with Crippen LogP contribution in [0.5, 0.6) is 5.75 Å². The number of ether oxygens (including phenoxy) is 1. The van der Waals surface area contributed by atoms with Crippen LogP contribution in [0.2, 0.25) is 5.02 Å². The highest BCUT2D eigenvalue weighted by molar-refractivity contribution is 6.33. The van der Waals surface area contributed by atoms with Crippen LogP contribution in [0.1, 0.15) is 16.8 Å². The number of para-hydroxylation sites is 1. The molecule has 1 unspecified atom stereocenters. The van der Waals surface area contributed by atoms with Crippen molar-refractivity contribution in [3.8, 4) is 5.75 Å². The van der Waals surface area contributed by atoms with E-state index in [9.17, 15) is 4.79 Å². The Bertz CT molecular complexity index is 759. The molecule has 0 saturated carbocycles. The zero-order chi connectivity index (χ0) is 17.8. The quantitative estimate of drug-likeness (QED) is 0.700. The zero-order valence-electron chi connectivity index (χ0n) is 15.0. The van der Waals surface area contributed by atoms with E-state index in [0.29, 0.717) is 34.5 Å². The SMILES string of the molecule is COc1cc(N)c(Cl)cc1C(=O)NCC1CCN(c2ccccc2)C1.Cl.Cl. The molecule has 2 aromatic carbocycles. The first-order valence-corrected chi connectivity index (χ1v) is 8.67. The van der Waals surface area contributed by atoms with Crippen LogP contribution in [-0.2, 0) is 0 Å². The first-order valence-electron chi connectivity index (χ1n) is 8.29. The number of methoxy groups -OCH3 is 1. The highest BCUT2D eigenvalue weighted by Crippen LogP contribution is 2.29. The number of nitrogens with zero attached hydrogens (tertiary/aromatic N) is 1. The minimum atomic E-state index is -0.197. The van der Waals surface area contributed by atoms with Gasteiger partial charge >= 0.3 is 0 Å². The summed E-state index contributed by atoms with van der Waals surface area (Å²) in [6.45, 7) is 2.55. The third-order valence-corrected chi connectivity index (χ3v) is 4.85. The first kappa shape index (κ1) is 23.2. The number of carbonyl (C=O) groups is 1. The van der Waals surface area contributed by atoms with Crippen LogP contribution in [0.25, 0.3) is 0 Å². The molecule has 1 saturated heterocycles. The predicted molar refractivity (Wildman–Crippen MR) is 116 cm³/mol. The number of benzene rings is 2. The predicted octanol–water partition coefficient (Wildman–Crippen LogP) is 4.03. The van der Waals surface area contributed by atoms with Gasteiger partial charge in [-0.05, 0) is 30.5 Å². The van der Waals surface area contributed by atoms with E-state index >= 15 is 0 Å². The first-order chi connectivity index (χ1) is 12.1. The number of hydrogen-bond acceptors (Lipinski definition) is 4. The van der Waals surface area contributed by atoms with Crippen molar-refractivity contribution < 1.29 is 9.53 Å². The molecular formula is C19H24Cl3N3O2. The molecule has 148 valence electrons. The lowest BCUT2D eigenvalue weighted by Crippen LogP contribution is -2.31. The highest BCUT2D eigenvalue weighted by atomic mass is 35.5. The molecule has 1 aliphatic rings. The molecule has 0 aromatic heterocycles. The maximum Gasteiger partial charge on any atom is 0.255 e. The van der Waals surface area contributed by atoms with Gasteiger partial charge in [0.15, 0.2) is 0 Å². The fourth-order valence-electron chi connectivity index (χ4n) is 3.12. The van der Waals surface area contributed by atoms with E-state index in [0.717, 1.165) is 19.5 Å². The van der Waals surface area contributed by atoms with Crippen LogP contribution in [0.3, 0.4) is 0 Å². The molecule has 1 heterocycles. The summed E-state index contributed by atoms with van der Waals surface area (Å²) in [4.78, 5) is 14.8. The Balaban J connectivity index is 0.00000182. The van der Waals surface area contributed by atoms with E-state index in [-0.39, 0.29) is 30.7 Å². The summed E-state index contributed by atoms with van der Waals surface area (Å²) in [6, 6.07) is 13.5. The van der Waals surface area contributed by atoms with Gasteiger partial charge in [0, 0.05) is 31.4 Å². The van der Waals surface area contributed by atoms with Crippen molar-refractivity contribution in [3.63, 3.8) is 0 Å². The van der Waals surface area contributed by atoms with Crippen LogP contribution >= 0.6 is 36.4 Å². The fourth-order valence-corrected chi connectivity index (χ4v) is 3.28. The molecule has 1 fully saturated rings. The van der Waals surface area contributed by atoms with Gasteiger partial charge in [-0.3, -0.25) is 4.79 Å². The lowest BCUT2D eigenvalue weighted by atomic mass is 10.1. The highest BCUT2D eigenvalue weighted by Gasteiger charge is 2.24. The van der Waals surface area contributed by atoms with Crippen molar-refractivity contribution in [1.29, 1.82) is 0 Å². The Morgan fingerprint density at radius 3 is 2.67 bits per heavy atom. The van der Waals surface area contributed by atoms with E-state index in [1.165, 1.54) is 12.8 Å². The minimum Gasteiger partial charge on any atom is -0.496 e. The van der Waals surface area contributed by atoms with Crippen molar-refractivity contribution >= 4 is 53.7 Å². The van der Waals surface area contributed by atoms with Crippen molar-refractivity contribution in [2.45, 2.75) is 6.42 Å². The number of anilines is 2. The van der Waals surface area contributed by atoms with E-state index in [4.69, 9.17) is 22.1 Å². The molecule has 0 radical (unpaired) electrons. The van der Waals surface area contributed by atoms with E-state index in [1.54, 1.807) is 12.1 Å². The summed E-state index contributed by atoms with van der Waals surface area (Å²) >= 11 is 6.03. The number of nitrogen functional groups attached to an aromatic ring is 1. The number of nitrogens with one attached hydrogen (secondary N) is 1. The molecule has 3 rings (SSSR count). The van der Waals surface area contributed by atoms with Crippen molar-refractivity contribution in [3.05, 3.63) is 53.1 Å². The summed E-state index contributed by atoms with van der Waals surface area (Å²) in [5, 5.41) is 3.34. The van der Waals surface area contributed by atoms with Gasteiger partial charge in [0.25, 0.3) is 5.91 Å². The monoisotopic (exact) mass is 431 g/mol. The molecule has 1 aliphatic heterocycles. The lowest BCUT2D eigenvalue weighted by Gasteiger charge is -2.19. The molecule has 0 bridgehead atoms. The lowest BCUT2D eigenvalue weighted by molar-refractivity contribution is 0.0945. The number of rotatable bonds is 5. The molecule has 8 heteroatoms. The van der Waals surface area contributed by atoms with Gasteiger partial charge in [0.05, 0.1) is 23.4 Å². The largest absolute Gasteiger partial charge is 0.496 e. The van der Waals surface area contributed by atoms with E-state index < -0.39 is 0 Å². The third kappa shape index (κ3) is 5.58. The Labute approximate surface area is 177 Å². The molecular weight excluding hydrogens is 409 g/mol. The van der Waals surface area contributed by atoms with Crippen molar-refractivity contribution in [2.24, 2.45) is 5.92 Å². The maximum absolute atomic E-state index is 12.5. The number of halogens is 3. The summed E-state index contributed by atoms with van der Waals surface area (Å²) < 4.78 is 5.24. The number of hydrogen-bond donors (Lipinski definition) is 2. The second-order valence-electron chi connectivity index (χ2n) is 6.22. The fraction of sp³-hybridized carbons (Fsp3) is 0.316. The molecule has 2 aromatic rings. The van der Waals surface area contributed by atoms with Crippen LogP contribution in [0, 0.1) is 5.92 Å². The smallest absolute Gasteiger partial charge is 0.255 e. The summed E-state index contributed by atoms with van der Waals surface area (Å²) in [7, 11) is 1.51. The van der Waals surface area contributed by atoms with Crippen molar-refractivity contribution in [2.75, 3.05) is 37.4 Å². The number of carbonyl (C=O) groups excluding carboxylic acids is 1. The van der Waals surface area contributed by atoms with Crippen LogP contribution in [0.15, 0.2) is 42.5 Å². The third-order valence-electron chi connectivity index (χ3n) is 4.52. The van der Waals surface area contributed by atoms with E-state index in [1.807, 2.05) is 18.2 Å². The molecule has 5 nitrogen and oxygen atoms in total. The van der Waals surface area contributed by atoms with Gasteiger partial charge in [0.2, 0.25) is 0 Å². The van der Waals surface area contributed by atoms with Crippen LogP contribution in [-0.4, -0.2) is 32.7 Å². The standard InChI is InChI=1S/C19H22ClN3O2.2ClH/c1-25-18-10-17(21)16(20)9-15(18)19(24)22-11-13-7-8-23(12-13)14-5-3-2-4-6-14;;/h2-6,9-10,13H,7-8,11-12,21H2,1H3,(H,22,24);2*1H. The second-order valence-corrected chi connectivity index (χ2v) is 6.63. The van der Waals surface area contributed by atoms with Gasteiger partial charge in [-0.25, -0.2) is 0 Å². The molecule has 1 amide bonds.